The van der Waals surface area contributed by atoms with Gasteiger partial charge in [-0.25, -0.2) is 4.98 Å². The van der Waals surface area contributed by atoms with Crippen LogP contribution < -0.4 is 0 Å². The van der Waals surface area contributed by atoms with Gasteiger partial charge in [0.1, 0.15) is 5.15 Å². The molecule has 0 bridgehead atoms. The van der Waals surface area contributed by atoms with Crippen LogP contribution in [0.4, 0.5) is 0 Å². The second-order valence-electron chi connectivity index (χ2n) is 6.67. The van der Waals surface area contributed by atoms with Gasteiger partial charge >= 0.3 is 0 Å². The molecule has 29 heavy (non-hydrogen) atoms. The lowest BCUT2D eigenvalue weighted by atomic mass is 9.97. The molecule has 0 radical (unpaired) electrons. The number of aliphatic imine (C=N–C) groups is 1. The molecule has 0 fully saturated rings. The van der Waals surface area contributed by atoms with Gasteiger partial charge in [-0.15, -0.1) is 0 Å². The van der Waals surface area contributed by atoms with E-state index in [1.807, 2.05) is 36.1 Å². The van der Waals surface area contributed by atoms with Crippen LogP contribution in [-0.2, 0) is 17.8 Å². The topological polar surface area (TPSA) is 54.8 Å². The maximum atomic E-state index is 12.7. The molecule has 1 aliphatic rings. The Labute approximate surface area is 174 Å². The van der Waals surface area contributed by atoms with Crippen molar-refractivity contribution in [2.45, 2.75) is 20.0 Å². The molecule has 1 aromatic heterocycles. The van der Waals surface area contributed by atoms with Gasteiger partial charge in [-0.3, -0.25) is 4.79 Å². The number of carbonyl (C=O) groups is 1. The number of hydrogen-bond acceptors (Lipinski definition) is 3. The monoisotopic (exact) mass is 405 g/mol. The van der Waals surface area contributed by atoms with Gasteiger partial charge in [0.25, 0.3) is 11.9 Å². The number of benzene rings is 2. The minimum atomic E-state index is -0.413. The van der Waals surface area contributed by atoms with E-state index in [1.54, 1.807) is 6.07 Å². The third kappa shape index (κ3) is 4.15. The highest BCUT2D eigenvalue weighted by molar-refractivity contribution is 6.29. The van der Waals surface area contributed by atoms with Crippen molar-refractivity contribution >= 4 is 23.5 Å². The molecule has 0 saturated heterocycles. The molecule has 1 amide bonds. The van der Waals surface area contributed by atoms with Crippen molar-refractivity contribution in [1.29, 1.82) is 0 Å². The van der Waals surface area contributed by atoms with Crippen molar-refractivity contribution in [1.82, 2.24) is 9.88 Å². The number of nitrogens with zero attached hydrogens (tertiary/aromatic N) is 3. The van der Waals surface area contributed by atoms with Crippen molar-refractivity contribution in [2.75, 3.05) is 6.61 Å². The van der Waals surface area contributed by atoms with E-state index in [0.29, 0.717) is 31.3 Å². The second kappa shape index (κ2) is 8.45. The van der Waals surface area contributed by atoms with Gasteiger partial charge in [0.2, 0.25) is 0 Å². The molecule has 0 aliphatic carbocycles. The van der Waals surface area contributed by atoms with E-state index in [9.17, 15) is 4.79 Å². The first-order chi connectivity index (χ1) is 14.2. The van der Waals surface area contributed by atoms with E-state index < -0.39 is 5.91 Å². The molecule has 2 heterocycles. The molecule has 0 atom stereocenters. The number of hydrogen-bond donors (Lipinski definition) is 0. The molecule has 0 unspecified atom stereocenters. The van der Waals surface area contributed by atoms with Crippen LogP contribution in [0.2, 0.25) is 5.15 Å². The Morgan fingerprint density at radius 1 is 1.07 bits per heavy atom. The van der Waals surface area contributed by atoms with Crippen molar-refractivity contribution < 1.29 is 9.53 Å². The summed E-state index contributed by atoms with van der Waals surface area (Å²) >= 11 is 5.92. The third-order valence-corrected chi connectivity index (χ3v) is 4.97. The SMILES string of the molecule is CCOC(=NC(=O)c1ccnc(Cl)c1)N1Cc2ccccc2-c2ccccc2C1. The predicted octanol–water partition coefficient (Wildman–Crippen LogP) is 4.95. The van der Waals surface area contributed by atoms with Crippen LogP contribution in [0.1, 0.15) is 28.4 Å². The summed E-state index contributed by atoms with van der Waals surface area (Å²) < 4.78 is 5.80. The zero-order valence-electron chi connectivity index (χ0n) is 16.0. The van der Waals surface area contributed by atoms with Crippen LogP contribution in [0.3, 0.4) is 0 Å². The van der Waals surface area contributed by atoms with Gasteiger partial charge in [-0.05, 0) is 41.3 Å². The molecule has 4 rings (SSSR count). The molecule has 2 aromatic carbocycles. The number of fused-ring (bicyclic) bond motifs is 3. The van der Waals surface area contributed by atoms with E-state index in [4.69, 9.17) is 16.3 Å². The average Bonchev–Trinajstić information content (AvgIpc) is 2.90. The van der Waals surface area contributed by atoms with Gasteiger partial charge in [0, 0.05) is 24.8 Å². The van der Waals surface area contributed by atoms with Crippen LogP contribution in [0, 0.1) is 0 Å². The smallest absolute Gasteiger partial charge is 0.296 e. The van der Waals surface area contributed by atoms with E-state index in [0.717, 1.165) is 11.1 Å². The summed E-state index contributed by atoms with van der Waals surface area (Å²) in [6.07, 6.45) is 1.49. The van der Waals surface area contributed by atoms with Gasteiger partial charge in [0.15, 0.2) is 0 Å². The van der Waals surface area contributed by atoms with Crippen molar-refractivity contribution in [3.63, 3.8) is 0 Å². The fourth-order valence-electron chi connectivity index (χ4n) is 3.45. The van der Waals surface area contributed by atoms with Crippen LogP contribution in [0.25, 0.3) is 11.1 Å². The summed E-state index contributed by atoms with van der Waals surface area (Å²) in [4.78, 5) is 22.9. The molecule has 0 N–H and O–H groups in total. The summed E-state index contributed by atoms with van der Waals surface area (Å²) in [5.41, 5.74) is 5.06. The number of pyridine rings is 1. The van der Waals surface area contributed by atoms with Gasteiger partial charge in [0.05, 0.1) is 6.61 Å². The summed E-state index contributed by atoms with van der Waals surface area (Å²) in [7, 11) is 0. The molecular formula is C23H20ClN3O2. The highest BCUT2D eigenvalue weighted by Crippen LogP contribution is 2.32. The summed E-state index contributed by atoms with van der Waals surface area (Å²) in [5.74, 6) is -0.413. The number of aromatic nitrogens is 1. The number of ether oxygens (including phenoxy) is 1. The van der Waals surface area contributed by atoms with Crippen LogP contribution in [0.5, 0.6) is 0 Å². The fourth-order valence-corrected chi connectivity index (χ4v) is 3.63. The Hall–Kier alpha value is -3.18. The normalized spacial score (nSPS) is 13.3. The Morgan fingerprint density at radius 2 is 1.69 bits per heavy atom. The van der Waals surface area contributed by atoms with Crippen LogP contribution >= 0.6 is 11.6 Å². The van der Waals surface area contributed by atoms with Gasteiger partial charge in [-0.2, -0.15) is 4.99 Å². The Kier molecular flexibility index (Phi) is 5.58. The number of carbonyl (C=O) groups excluding carboxylic acids is 1. The first-order valence-electron chi connectivity index (χ1n) is 9.44. The third-order valence-electron chi connectivity index (χ3n) is 4.76. The summed E-state index contributed by atoms with van der Waals surface area (Å²) in [5, 5.41) is 0.252. The van der Waals surface area contributed by atoms with E-state index in [2.05, 4.69) is 34.2 Å². The predicted molar refractivity (Wildman–Crippen MR) is 114 cm³/mol. The maximum Gasteiger partial charge on any atom is 0.296 e. The van der Waals surface area contributed by atoms with Gasteiger partial charge < -0.3 is 9.64 Å². The van der Waals surface area contributed by atoms with Gasteiger partial charge in [-0.1, -0.05) is 60.1 Å². The van der Waals surface area contributed by atoms with E-state index in [1.165, 1.54) is 23.4 Å². The van der Waals surface area contributed by atoms with Crippen LogP contribution in [-0.4, -0.2) is 28.4 Å². The highest BCUT2D eigenvalue weighted by atomic mass is 35.5. The van der Waals surface area contributed by atoms with Crippen LogP contribution in [0.15, 0.2) is 71.9 Å². The maximum absolute atomic E-state index is 12.7. The Balaban J connectivity index is 1.74. The zero-order valence-corrected chi connectivity index (χ0v) is 16.8. The molecule has 146 valence electrons. The quantitative estimate of drug-likeness (QED) is 0.344. The molecule has 0 saturated carbocycles. The molecular weight excluding hydrogens is 386 g/mol. The molecule has 6 heteroatoms. The van der Waals surface area contributed by atoms with Crippen molar-refractivity contribution in [3.05, 3.63) is 88.7 Å². The number of amidine groups is 1. The fraction of sp³-hybridized carbons (Fsp3) is 0.174. The number of halogens is 1. The van der Waals surface area contributed by atoms with Crippen molar-refractivity contribution in [2.24, 2.45) is 4.99 Å². The first-order valence-corrected chi connectivity index (χ1v) is 9.82. The summed E-state index contributed by atoms with van der Waals surface area (Å²) in [6.45, 7) is 3.47. The molecule has 5 nitrogen and oxygen atoms in total. The lowest BCUT2D eigenvalue weighted by Gasteiger charge is -2.24. The van der Waals surface area contributed by atoms with Crippen molar-refractivity contribution in [3.8, 4) is 11.1 Å². The number of rotatable bonds is 2. The number of amides is 1. The minimum absolute atomic E-state index is 0.252. The molecule has 0 spiro atoms. The largest absolute Gasteiger partial charge is 0.465 e. The summed E-state index contributed by atoms with van der Waals surface area (Å²) in [6, 6.07) is 20.0. The standard InChI is InChI=1S/C23H20ClN3O2/c1-2-29-23(26-22(28)16-11-12-25-21(24)13-16)27-14-17-7-3-5-9-19(17)20-10-6-4-8-18(20)15-27/h3-13H,2,14-15H2,1H3. The van der Waals surface area contributed by atoms with E-state index in [-0.39, 0.29) is 5.15 Å². The average molecular weight is 406 g/mol. The second-order valence-corrected chi connectivity index (χ2v) is 7.06. The first kappa shape index (κ1) is 19.2. The Bertz CT molecular complexity index is 1030. The lowest BCUT2D eigenvalue weighted by molar-refractivity contribution is 0.0993. The Morgan fingerprint density at radius 3 is 2.28 bits per heavy atom. The zero-order chi connectivity index (χ0) is 20.2. The molecule has 3 aromatic rings. The minimum Gasteiger partial charge on any atom is -0.465 e. The highest BCUT2D eigenvalue weighted by Gasteiger charge is 2.23. The lowest BCUT2D eigenvalue weighted by Crippen LogP contribution is -2.32. The van der Waals surface area contributed by atoms with E-state index >= 15 is 0 Å². The molecule has 1 aliphatic heterocycles.